The maximum absolute atomic E-state index is 11.6. The Hall–Kier alpha value is -1.67. The molecule has 0 heterocycles. The molecule has 1 unspecified atom stereocenters. The Kier molecular flexibility index (Phi) is 5.46. The van der Waals surface area contributed by atoms with Gasteiger partial charge < -0.3 is 10.4 Å². The molecule has 1 rings (SSSR count). The minimum atomic E-state index is -3.69. The van der Waals surface area contributed by atoms with Crippen LogP contribution >= 0.6 is 0 Å². The van der Waals surface area contributed by atoms with E-state index in [1.807, 2.05) is 6.92 Å². The molecule has 0 saturated heterocycles. The summed E-state index contributed by atoms with van der Waals surface area (Å²) < 4.78 is 23.2. The van der Waals surface area contributed by atoms with Crippen molar-refractivity contribution in [3.63, 3.8) is 0 Å². The van der Waals surface area contributed by atoms with E-state index in [1.54, 1.807) is 0 Å². The molecule has 112 valence electrons. The zero-order valence-corrected chi connectivity index (χ0v) is 12.2. The van der Waals surface area contributed by atoms with Crippen LogP contribution in [0.3, 0.4) is 0 Å². The number of rotatable bonds is 7. The molecule has 7 nitrogen and oxygen atoms in total. The molecule has 2 N–H and O–H groups in total. The zero-order valence-electron chi connectivity index (χ0n) is 11.4. The van der Waals surface area contributed by atoms with Crippen molar-refractivity contribution in [2.45, 2.75) is 30.7 Å². The van der Waals surface area contributed by atoms with Crippen LogP contribution in [-0.2, 0) is 9.84 Å². The fourth-order valence-electron chi connectivity index (χ4n) is 1.88. The molecule has 0 spiro atoms. The second kappa shape index (κ2) is 6.67. The SMILES string of the molecule is CCC(CCO)Nc1cccc(S(C)(=O)=O)c1[N+](=O)[O-]. The number of aliphatic hydroxyl groups excluding tert-OH is 1. The summed E-state index contributed by atoms with van der Waals surface area (Å²) in [6, 6.07) is 3.98. The van der Waals surface area contributed by atoms with Gasteiger partial charge in [0.25, 0.3) is 0 Å². The first-order valence-electron chi connectivity index (χ1n) is 6.16. The van der Waals surface area contributed by atoms with Crippen LogP contribution in [0.5, 0.6) is 0 Å². The highest BCUT2D eigenvalue weighted by Gasteiger charge is 2.26. The Bertz CT molecular complexity index is 586. The first-order chi connectivity index (χ1) is 9.31. The van der Waals surface area contributed by atoms with Crippen molar-refractivity contribution >= 4 is 21.2 Å². The number of hydrogen-bond acceptors (Lipinski definition) is 6. The van der Waals surface area contributed by atoms with Gasteiger partial charge in [0.15, 0.2) is 9.84 Å². The average molecular weight is 302 g/mol. The molecule has 0 radical (unpaired) electrons. The predicted molar refractivity (Wildman–Crippen MR) is 75.6 cm³/mol. The highest BCUT2D eigenvalue weighted by molar-refractivity contribution is 7.90. The molecular formula is C12H18N2O5S. The van der Waals surface area contributed by atoms with Gasteiger partial charge in [-0.3, -0.25) is 10.1 Å². The standard InChI is InChI=1S/C12H18N2O5S/c1-3-9(7-8-15)13-10-5-4-6-11(20(2,18)19)12(10)14(16)17/h4-6,9,13,15H,3,7-8H2,1-2H3. The summed E-state index contributed by atoms with van der Waals surface area (Å²) in [6.07, 6.45) is 2.02. The quantitative estimate of drug-likeness (QED) is 0.584. The number of sulfone groups is 1. The van der Waals surface area contributed by atoms with E-state index in [1.165, 1.54) is 18.2 Å². The minimum Gasteiger partial charge on any atom is -0.396 e. The fraction of sp³-hybridized carbons (Fsp3) is 0.500. The number of para-hydroxylation sites is 1. The van der Waals surface area contributed by atoms with Crippen molar-refractivity contribution < 1.29 is 18.4 Å². The van der Waals surface area contributed by atoms with Crippen molar-refractivity contribution in [1.29, 1.82) is 0 Å². The van der Waals surface area contributed by atoms with Gasteiger partial charge in [0.1, 0.15) is 10.6 Å². The van der Waals surface area contributed by atoms with E-state index in [0.29, 0.717) is 12.8 Å². The van der Waals surface area contributed by atoms with Crippen LogP contribution in [0.4, 0.5) is 11.4 Å². The summed E-state index contributed by atoms with van der Waals surface area (Å²) in [4.78, 5) is 10.2. The van der Waals surface area contributed by atoms with Crippen molar-refractivity contribution in [3.8, 4) is 0 Å². The molecule has 0 fully saturated rings. The molecule has 1 aromatic carbocycles. The van der Waals surface area contributed by atoms with Crippen molar-refractivity contribution in [2.75, 3.05) is 18.2 Å². The molecule has 0 aliphatic carbocycles. The number of nitro groups is 1. The molecule has 0 aliphatic rings. The molecule has 20 heavy (non-hydrogen) atoms. The second-order valence-corrected chi connectivity index (χ2v) is 6.43. The topological polar surface area (TPSA) is 110 Å². The number of benzene rings is 1. The lowest BCUT2D eigenvalue weighted by Crippen LogP contribution is -2.21. The lowest BCUT2D eigenvalue weighted by molar-refractivity contribution is -0.386. The third kappa shape index (κ3) is 3.91. The van der Waals surface area contributed by atoms with Gasteiger partial charge in [0.05, 0.1) is 4.92 Å². The largest absolute Gasteiger partial charge is 0.396 e. The zero-order chi connectivity index (χ0) is 15.3. The Morgan fingerprint density at radius 3 is 2.55 bits per heavy atom. The molecule has 1 atom stereocenters. The van der Waals surface area contributed by atoms with E-state index in [0.717, 1.165) is 6.26 Å². The number of nitro benzene ring substituents is 1. The third-order valence-corrected chi connectivity index (χ3v) is 4.04. The van der Waals surface area contributed by atoms with Crippen LogP contribution in [0.2, 0.25) is 0 Å². The maximum atomic E-state index is 11.6. The van der Waals surface area contributed by atoms with Gasteiger partial charge in [0.2, 0.25) is 0 Å². The summed E-state index contributed by atoms with van der Waals surface area (Å²) in [7, 11) is -3.69. The molecule has 1 aromatic rings. The Morgan fingerprint density at radius 2 is 2.10 bits per heavy atom. The van der Waals surface area contributed by atoms with Crippen LogP contribution in [0, 0.1) is 10.1 Å². The van der Waals surface area contributed by atoms with E-state index in [9.17, 15) is 18.5 Å². The summed E-state index contributed by atoms with van der Waals surface area (Å²) >= 11 is 0. The molecule has 0 saturated carbocycles. The highest BCUT2D eigenvalue weighted by atomic mass is 32.2. The van der Waals surface area contributed by atoms with E-state index < -0.39 is 20.4 Å². The molecule has 0 amide bonds. The van der Waals surface area contributed by atoms with Crippen LogP contribution in [0.15, 0.2) is 23.1 Å². The summed E-state index contributed by atoms with van der Waals surface area (Å²) in [5, 5.41) is 23.0. The fourth-order valence-corrected chi connectivity index (χ4v) is 2.74. The predicted octanol–water partition coefficient (Wildman–Crippen LogP) is 1.57. The lowest BCUT2D eigenvalue weighted by atomic mass is 10.1. The number of nitrogens with one attached hydrogen (secondary N) is 1. The van der Waals surface area contributed by atoms with E-state index in [2.05, 4.69) is 5.32 Å². The Morgan fingerprint density at radius 1 is 1.45 bits per heavy atom. The second-order valence-electron chi connectivity index (χ2n) is 4.44. The van der Waals surface area contributed by atoms with Crippen LogP contribution in [0.1, 0.15) is 19.8 Å². The smallest absolute Gasteiger partial charge is 0.310 e. The van der Waals surface area contributed by atoms with Crippen molar-refractivity contribution in [2.24, 2.45) is 0 Å². The first-order valence-corrected chi connectivity index (χ1v) is 8.05. The van der Waals surface area contributed by atoms with Gasteiger partial charge in [-0.05, 0) is 25.0 Å². The van der Waals surface area contributed by atoms with Gasteiger partial charge in [-0.15, -0.1) is 0 Å². The summed E-state index contributed by atoms with van der Waals surface area (Å²) in [5.74, 6) is 0. The Labute approximate surface area is 117 Å². The van der Waals surface area contributed by atoms with Gasteiger partial charge in [0, 0.05) is 18.9 Å². The molecule has 0 bridgehead atoms. The van der Waals surface area contributed by atoms with Crippen LogP contribution in [-0.4, -0.2) is 37.4 Å². The number of nitrogens with zero attached hydrogens (tertiary/aromatic N) is 1. The molecule has 0 aliphatic heterocycles. The van der Waals surface area contributed by atoms with Gasteiger partial charge in [-0.2, -0.15) is 0 Å². The summed E-state index contributed by atoms with van der Waals surface area (Å²) in [6.45, 7) is 1.82. The van der Waals surface area contributed by atoms with Gasteiger partial charge in [-0.1, -0.05) is 13.0 Å². The third-order valence-electron chi connectivity index (χ3n) is 2.91. The minimum absolute atomic E-state index is 0.0505. The maximum Gasteiger partial charge on any atom is 0.310 e. The average Bonchev–Trinajstić information content (AvgIpc) is 2.36. The molecule has 0 aromatic heterocycles. The lowest BCUT2D eigenvalue weighted by Gasteiger charge is -2.17. The summed E-state index contributed by atoms with van der Waals surface area (Å²) in [5.41, 5.74) is -0.301. The van der Waals surface area contributed by atoms with Crippen LogP contribution < -0.4 is 5.32 Å². The van der Waals surface area contributed by atoms with Crippen LogP contribution in [0.25, 0.3) is 0 Å². The van der Waals surface area contributed by atoms with Crippen molar-refractivity contribution in [1.82, 2.24) is 0 Å². The molecule has 8 heteroatoms. The molecular weight excluding hydrogens is 284 g/mol. The van der Waals surface area contributed by atoms with E-state index >= 15 is 0 Å². The first kappa shape index (κ1) is 16.4. The number of hydrogen-bond donors (Lipinski definition) is 2. The number of aliphatic hydroxyl groups is 1. The monoisotopic (exact) mass is 302 g/mol. The number of anilines is 1. The highest BCUT2D eigenvalue weighted by Crippen LogP contribution is 2.32. The van der Waals surface area contributed by atoms with Gasteiger partial charge >= 0.3 is 5.69 Å². The van der Waals surface area contributed by atoms with E-state index in [-0.39, 0.29) is 23.2 Å². The van der Waals surface area contributed by atoms with Gasteiger partial charge in [-0.25, -0.2) is 8.42 Å². The van der Waals surface area contributed by atoms with Crippen molar-refractivity contribution in [3.05, 3.63) is 28.3 Å². The Balaban J connectivity index is 3.30. The van der Waals surface area contributed by atoms with E-state index in [4.69, 9.17) is 5.11 Å². The normalized spacial score (nSPS) is 12.9.